The van der Waals surface area contributed by atoms with Crippen LogP contribution < -0.4 is 5.32 Å². The van der Waals surface area contributed by atoms with E-state index in [1.165, 1.54) is 23.3 Å². The first-order valence-corrected chi connectivity index (χ1v) is 12.5. The minimum Gasteiger partial charge on any atom is -0.481 e. The molecule has 1 heterocycles. The Kier molecular flexibility index (Phi) is 7.62. The summed E-state index contributed by atoms with van der Waals surface area (Å²) in [4.78, 5) is 23.3. The summed E-state index contributed by atoms with van der Waals surface area (Å²) in [6.07, 6.45) is 0.000407. The third-order valence-electron chi connectivity index (χ3n) is 4.98. The molecule has 0 aliphatic rings. The number of carbonyl (C=O) groups is 2. The van der Waals surface area contributed by atoms with Crippen molar-refractivity contribution in [1.29, 1.82) is 0 Å². The second-order valence-corrected chi connectivity index (χ2v) is 9.98. The molecule has 0 atom stereocenters. The standard InChI is InChI=1S/C25H20ClN3O3S2/c1-15-2-11-20(21(26)12-15)24-25(34-29-28-24)33-14-22(30)27-19-9-7-18(8-10-19)17-5-3-16(4-6-17)13-23(31)32/h2-12H,13-14H2,1H3,(H,27,30)(H,31,32). The second kappa shape index (κ2) is 10.8. The average molecular weight is 510 g/mol. The van der Waals surface area contributed by atoms with Gasteiger partial charge in [0.25, 0.3) is 0 Å². The molecule has 0 aliphatic carbocycles. The molecule has 172 valence electrons. The highest BCUT2D eigenvalue weighted by atomic mass is 35.5. The molecule has 4 aromatic rings. The molecular formula is C25H20ClN3O3S2. The first kappa shape index (κ1) is 23.9. The van der Waals surface area contributed by atoms with Crippen LogP contribution in [0.2, 0.25) is 5.02 Å². The number of carboxylic acid groups (broad SMARTS) is 1. The molecule has 0 fully saturated rings. The molecule has 0 unspecified atom stereocenters. The molecule has 4 rings (SSSR count). The van der Waals surface area contributed by atoms with Gasteiger partial charge in [-0.15, -0.1) is 16.9 Å². The van der Waals surface area contributed by atoms with E-state index in [-0.39, 0.29) is 18.1 Å². The fraction of sp³-hybridized carbons (Fsp3) is 0.120. The molecule has 0 bridgehead atoms. The van der Waals surface area contributed by atoms with Crippen molar-refractivity contribution in [2.24, 2.45) is 0 Å². The lowest BCUT2D eigenvalue weighted by Crippen LogP contribution is -2.13. The van der Waals surface area contributed by atoms with Crippen LogP contribution in [0.3, 0.4) is 0 Å². The Balaban J connectivity index is 1.35. The van der Waals surface area contributed by atoms with E-state index in [4.69, 9.17) is 16.7 Å². The number of hydrogen-bond acceptors (Lipinski definition) is 6. The van der Waals surface area contributed by atoms with Crippen LogP contribution in [0.25, 0.3) is 22.4 Å². The Morgan fingerprint density at radius 3 is 2.35 bits per heavy atom. The van der Waals surface area contributed by atoms with Crippen molar-refractivity contribution in [3.63, 3.8) is 0 Å². The van der Waals surface area contributed by atoms with Crippen LogP contribution in [-0.2, 0) is 16.0 Å². The smallest absolute Gasteiger partial charge is 0.307 e. The van der Waals surface area contributed by atoms with Crippen LogP contribution in [0.4, 0.5) is 5.69 Å². The van der Waals surface area contributed by atoms with Gasteiger partial charge in [0.05, 0.1) is 17.2 Å². The van der Waals surface area contributed by atoms with Crippen molar-refractivity contribution < 1.29 is 14.7 Å². The van der Waals surface area contributed by atoms with Crippen LogP contribution in [0.5, 0.6) is 0 Å². The minimum absolute atomic E-state index is 0.000407. The Hall–Kier alpha value is -3.20. The highest BCUT2D eigenvalue weighted by molar-refractivity contribution is 8.01. The van der Waals surface area contributed by atoms with Crippen LogP contribution in [0.1, 0.15) is 11.1 Å². The molecule has 1 aromatic heterocycles. The molecule has 0 spiro atoms. The summed E-state index contributed by atoms with van der Waals surface area (Å²) in [5.41, 5.74) is 5.95. The Morgan fingerprint density at radius 2 is 1.71 bits per heavy atom. The van der Waals surface area contributed by atoms with Gasteiger partial charge in [0.15, 0.2) is 0 Å². The van der Waals surface area contributed by atoms with Crippen molar-refractivity contribution in [3.05, 3.63) is 82.9 Å². The number of thioether (sulfide) groups is 1. The van der Waals surface area contributed by atoms with Crippen LogP contribution in [0, 0.1) is 6.92 Å². The van der Waals surface area contributed by atoms with E-state index in [9.17, 15) is 9.59 Å². The van der Waals surface area contributed by atoms with Gasteiger partial charge in [-0.2, -0.15) is 0 Å². The summed E-state index contributed by atoms with van der Waals surface area (Å²) in [5.74, 6) is -0.773. The fourth-order valence-corrected chi connectivity index (χ4v) is 5.18. The maximum absolute atomic E-state index is 12.5. The summed E-state index contributed by atoms with van der Waals surface area (Å²) in [6, 6.07) is 20.7. The van der Waals surface area contributed by atoms with Crippen molar-refractivity contribution >= 4 is 52.5 Å². The predicted molar refractivity (Wildman–Crippen MR) is 138 cm³/mol. The molecular weight excluding hydrogens is 490 g/mol. The summed E-state index contributed by atoms with van der Waals surface area (Å²) in [6.45, 7) is 1.97. The maximum atomic E-state index is 12.5. The van der Waals surface area contributed by atoms with Crippen molar-refractivity contribution in [2.45, 2.75) is 17.6 Å². The molecule has 0 radical (unpaired) electrons. The largest absolute Gasteiger partial charge is 0.481 e. The van der Waals surface area contributed by atoms with Crippen LogP contribution >= 0.6 is 34.9 Å². The molecule has 6 nitrogen and oxygen atoms in total. The lowest BCUT2D eigenvalue weighted by Gasteiger charge is -2.08. The van der Waals surface area contributed by atoms with Crippen molar-refractivity contribution in [2.75, 3.05) is 11.1 Å². The summed E-state index contributed by atoms with van der Waals surface area (Å²) < 4.78 is 4.87. The zero-order chi connectivity index (χ0) is 24.1. The lowest BCUT2D eigenvalue weighted by molar-refractivity contribution is -0.136. The first-order chi connectivity index (χ1) is 16.4. The number of amides is 1. The molecule has 0 aliphatic heterocycles. The second-order valence-electron chi connectivity index (χ2n) is 7.57. The Bertz CT molecular complexity index is 1320. The van der Waals surface area contributed by atoms with E-state index in [2.05, 4.69) is 14.9 Å². The topological polar surface area (TPSA) is 92.2 Å². The Morgan fingerprint density at radius 1 is 1.03 bits per heavy atom. The number of hydrogen-bond donors (Lipinski definition) is 2. The number of halogens is 1. The molecule has 0 saturated heterocycles. The fourth-order valence-electron chi connectivity index (χ4n) is 3.32. The normalized spacial score (nSPS) is 10.8. The predicted octanol–water partition coefficient (Wildman–Crippen LogP) is 6.19. The average Bonchev–Trinajstić information content (AvgIpc) is 3.27. The van der Waals surface area contributed by atoms with Gasteiger partial charge in [0.1, 0.15) is 9.90 Å². The van der Waals surface area contributed by atoms with Gasteiger partial charge in [-0.25, -0.2) is 0 Å². The molecule has 2 N–H and O–H groups in total. The number of aliphatic carboxylic acids is 1. The third-order valence-corrected chi connectivity index (χ3v) is 7.26. The van der Waals surface area contributed by atoms with E-state index in [1.54, 1.807) is 0 Å². The summed E-state index contributed by atoms with van der Waals surface area (Å²) in [5, 5.41) is 16.6. The van der Waals surface area contributed by atoms with E-state index >= 15 is 0 Å². The third kappa shape index (κ3) is 6.02. The monoisotopic (exact) mass is 509 g/mol. The van der Waals surface area contributed by atoms with Crippen LogP contribution in [0.15, 0.2) is 70.9 Å². The lowest BCUT2D eigenvalue weighted by atomic mass is 10.0. The van der Waals surface area contributed by atoms with E-state index < -0.39 is 5.97 Å². The molecule has 9 heteroatoms. The zero-order valence-corrected chi connectivity index (χ0v) is 20.5. The van der Waals surface area contributed by atoms with Crippen molar-refractivity contribution in [3.8, 4) is 22.4 Å². The number of rotatable bonds is 8. The minimum atomic E-state index is -0.854. The van der Waals surface area contributed by atoms with E-state index in [1.807, 2.05) is 73.7 Å². The number of aryl methyl sites for hydroxylation is 1. The van der Waals surface area contributed by atoms with Crippen LogP contribution in [-0.4, -0.2) is 32.3 Å². The molecule has 34 heavy (non-hydrogen) atoms. The number of nitrogens with zero attached hydrogens (tertiary/aromatic N) is 2. The van der Waals surface area contributed by atoms with E-state index in [0.29, 0.717) is 16.4 Å². The van der Waals surface area contributed by atoms with Gasteiger partial charge in [-0.1, -0.05) is 64.6 Å². The van der Waals surface area contributed by atoms with Gasteiger partial charge in [0, 0.05) is 11.3 Å². The number of anilines is 1. The molecule has 0 saturated carbocycles. The molecule has 1 amide bonds. The molecule has 3 aromatic carbocycles. The summed E-state index contributed by atoms with van der Waals surface area (Å²) >= 11 is 8.99. The quantitative estimate of drug-likeness (QED) is 0.275. The number of carbonyl (C=O) groups excluding carboxylic acids is 1. The summed E-state index contributed by atoms with van der Waals surface area (Å²) in [7, 11) is 0. The number of carboxylic acids is 1. The van der Waals surface area contributed by atoms with Gasteiger partial charge >= 0.3 is 5.97 Å². The highest BCUT2D eigenvalue weighted by Gasteiger charge is 2.16. The highest BCUT2D eigenvalue weighted by Crippen LogP contribution is 2.36. The van der Waals surface area contributed by atoms with Gasteiger partial charge < -0.3 is 10.4 Å². The SMILES string of the molecule is Cc1ccc(-c2nnsc2SCC(=O)Nc2ccc(-c3ccc(CC(=O)O)cc3)cc2)c(Cl)c1. The first-order valence-electron chi connectivity index (χ1n) is 10.3. The number of aromatic nitrogens is 2. The number of benzene rings is 3. The van der Waals surface area contributed by atoms with Gasteiger partial charge in [0.2, 0.25) is 5.91 Å². The van der Waals surface area contributed by atoms with Gasteiger partial charge in [-0.3, -0.25) is 9.59 Å². The van der Waals surface area contributed by atoms with E-state index in [0.717, 1.165) is 32.0 Å². The van der Waals surface area contributed by atoms with Gasteiger partial charge in [-0.05, 0) is 58.9 Å². The zero-order valence-electron chi connectivity index (χ0n) is 18.1. The maximum Gasteiger partial charge on any atom is 0.307 e. The van der Waals surface area contributed by atoms with Crippen molar-refractivity contribution in [1.82, 2.24) is 9.59 Å². The Labute approximate surface area is 210 Å². The number of nitrogens with one attached hydrogen (secondary N) is 1.